The Morgan fingerprint density at radius 1 is 1.20 bits per heavy atom. The van der Waals surface area contributed by atoms with Crippen molar-refractivity contribution in [1.82, 2.24) is 0 Å². The number of aromatic carboxylic acids is 1. The molecular formula is C14H11Cl2NO3. The van der Waals surface area contributed by atoms with Crippen molar-refractivity contribution in [2.75, 3.05) is 5.73 Å². The van der Waals surface area contributed by atoms with Gasteiger partial charge >= 0.3 is 5.97 Å². The van der Waals surface area contributed by atoms with Gasteiger partial charge in [-0.2, -0.15) is 0 Å². The van der Waals surface area contributed by atoms with Crippen LogP contribution in [0.15, 0.2) is 36.4 Å². The van der Waals surface area contributed by atoms with Gasteiger partial charge in [-0.25, -0.2) is 4.79 Å². The summed E-state index contributed by atoms with van der Waals surface area (Å²) in [7, 11) is 0. The van der Waals surface area contributed by atoms with Crippen molar-refractivity contribution in [1.29, 1.82) is 0 Å². The van der Waals surface area contributed by atoms with Gasteiger partial charge in [0, 0.05) is 27.4 Å². The van der Waals surface area contributed by atoms with E-state index in [4.69, 9.17) is 38.8 Å². The first-order chi connectivity index (χ1) is 9.49. The molecule has 0 bridgehead atoms. The molecule has 0 aliphatic rings. The molecule has 104 valence electrons. The van der Waals surface area contributed by atoms with Crippen LogP contribution >= 0.6 is 23.2 Å². The number of carboxylic acids is 1. The summed E-state index contributed by atoms with van der Waals surface area (Å²) >= 11 is 12.1. The maximum Gasteiger partial charge on any atom is 0.337 e. The van der Waals surface area contributed by atoms with Crippen molar-refractivity contribution < 1.29 is 14.6 Å². The van der Waals surface area contributed by atoms with Gasteiger partial charge in [0.15, 0.2) is 0 Å². The van der Waals surface area contributed by atoms with Crippen LogP contribution in [0.25, 0.3) is 0 Å². The molecule has 0 aromatic heterocycles. The Morgan fingerprint density at radius 3 is 2.40 bits per heavy atom. The zero-order valence-corrected chi connectivity index (χ0v) is 11.8. The number of nitrogens with two attached hydrogens (primary N) is 1. The SMILES string of the molecule is Nc1cc(OCc2c(Cl)cccc2Cl)ccc1C(=O)O. The van der Waals surface area contributed by atoms with Crippen LogP contribution < -0.4 is 10.5 Å². The molecule has 6 heteroatoms. The Kier molecular flexibility index (Phi) is 4.37. The summed E-state index contributed by atoms with van der Waals surface area (Å²) in [5, 5.41) is 9.90. The lowest BCUT2D eigenvalue weighted by atomic mass is 10.2. The highest BCUT2D eigenvalue weighted by atomic mass is 35.5. The number of rotatable bonds is 4. The van der Waals surface area contributed by atoms with E-state index in [9.17, 15) is 4.79 Å². The van der Waals surface area contributed by atoms with Crippen LogP contribution in [-0.2, 0) is 6.61 Å². The van der Waals surface area contributed by atoms with E-state index in [1.165, 1.54) is 18.2 Å². The van der Waals surface area contributed by atoms with E-state index in [1.54, 1.807) is 18.2 Å². The molecular weight excluding hydrogens is 301 g/mol. The van der Waals surface area contributed by atoms with Crippen LogP contribution in [0.1, 0.15) is 15.9 Å². The molecule has 2 aromatic carbocycles. The first-order valence-corrected chi connectivity index (χ1v) is 6.43. The first-order valence-electron chi connectivity index (χ1n) is 5.67. The fourth-order valence-electron chi connectivity index (χ4n) is 1.65. The number of hydrogen-bond acceptors (Lipinski definition) is 3. The Morgan fingerprint density at radius 2 is 1.85 bits per heavy atom. The van der Waals surface area contributed by atoms with Crippen molar-refractivity contribution in [3.8, 4) is 5.75 Å². The summed E-state index contributed by atoms with van der Waals surface area (Å²) < 4.78 is 5.53. The molecule has 20 heavy (non-hydrogen) atoms. The smallest absolute Gasteiger partial charge is 0.337 e. The molecule has 2 rings (SSSR count). The fraction of sp³-hybridized carbons (Fsp3) is 0.0714. The van der Waals surface area contributed by atoms with Gasteiger partial charge in [-0.05, 0) is 24.3 Å². The number of ether oxygens (including phenoxy) is 1. The Bertz CT molecular complexity index is 639. The molecule has 0 fully saturated rings. The second-order valence-corrected chi connectivity index (χ2v) is 4.86. The second kappa shape index (κ2) is 6.03. The number of halogens is 2. The van der Waals surface area contributed by atoms with Crippen LogP contribution in [-0.4, -0.2) is 11.1 Å². The molecule has 0 saturated carbocycles. The van der Waals surface area contributed by atoms with Crippen LogP contribution in [0, 0.1) is 0 Å². The average molecular weight is 312 g/mol. The predicted molar refractivity (Wildman–Crippen MR) is 78.6 cm³/mol. The quantitative estimate of drug-likeness (QED) is 0.841. The van der Waals surface area contributed by atoms with Gasteiger partial charge in [-0.15, -0.1) is 0 Å². The topological polar surface area (TPSA) is 72.5 Å². The third kappa shape index (κ3) is 3.15. The molecule has 0 aliphatic heterocycles. The third-order valence-electron chi connectivity index (χ3n) is 2.70. The van der Waals surface area contributed by atoms with Gasteiger partial charge < -0.3 is 15.6 Å². The number of anilines is 1. The van der Waals surface area contributed by atoms with Crippen molar-refractivity contribution in [2.45, 2.75) is 6.61 Å². The predicted octanol–water partition coefficient (Wildman–Crippen LogP) is 3.85. The Labute approximate surface area is 125 Å². The van der Waals surface area contributed by atoms with E-state index in [2.05, 4.69) is 0 Å². The number of nitrogen functional groups attached to an aromatic ring is 1. The van der Waals surface area contributed by atoms with Gasteiger partial charge in [0.05, 0.1) is 5.56 Å². The highest BCUT2D eigenvalue weighted by molar-refractivity contribution is 6.35. The molecule has 3 N–H and O–H groups in total. The standard InChI is InChI=1S/C14H11Cl2NO3/c15-11-2-1-3-12(16)10(11)7-20-8-4-5-9(14(18)19)13(17)6-8/h1-6H,7,17H2,(H,18,19). The minimum atomic E-state index is -1.08. The lowest BCUT2D eigenvalue weighted by Crippen LogP contribution is -2.03. The normalized spacial score (nSPS) is 10.3. The summed E-state index contributed by atoms with van der Waals surface area (Å²) in [6, 6.07) is 9.55. The van der Waals surface area contributed by atoms with Gasteiger partial charge in [0.1, 0.15) is 12.4 Å². The average Bonchev–Trinajstić information content (AvgIpc) is 2.37. The Hall–Kier alpha value is -1.91. The number of benzene rings is 2. The van der Waals surface area contributed by atoms with Crippen LogP contribution in [0.3, 0.4) is 0 Å². The highest BCUT2D eigenvalue weighted by Crippen LogP contribution is 2.27. The lowest BCUT2D eigenvalue weighted by Gasteiger charge is -2.10. The molecule has 2 aromatic rings. The molecule has 0 amide bonds. The van der Waals surface area contributed by atoms with Gasteiger partial charge in [0.2, 0.25) is 0 Å². The summed E-state index contributed by atoms with van der Waals surface area (Å²) in [6.07, 6.45) is 0. The van der Waals surface area contributed by atoms with Crippen LogP contribution in [0.5, 0.6) is 5.75 Å². The molecule has 0 spiro atoms. The maximum absolute atomic E-state index is 10.8. The Balaban J connectivity index is 2.16. The summed E-state index contributed by atoms with van der Waals surface area (Å²) in [5.41, 5.74) is 6.48. The van der Waals surface area contributed by atoms with E-state index in [0.29, 0.717) is 21.4 Å². The molecule has 0 unspecified atom stereocenters. The molecule has 0 heterocycles. The fourth-order valence-corrected chi connectivity index (χ4v) is 2.16. The monoisotopic (exact) mass is 311 g/mol. The van der Waals surface area contributed by atoms with Crippen molar-refractivity contribution >= 4 is 34.9 Å². The van der Waals surface area contributed by atoms with Gasteiger partial charge in [-0.3, -0.25) is 0 Å². The zero-order valence-electron chi connectivity index (χ0n) is 10.3. The largest absolute Gasteiger partial charge is 0.489 e. The van der Waals surface area contributed by atoms with Gasteiger partial charge in [-0.1, -0.05) is 29.3 Å². The number of hydrogen-bond donors (Lipinski definition) is 2. The van der Waals surface area contributed by atoms with E-state index < -0.39 is 5.97 Å². The second-order valence-electron chi connectivity index (χ2n) is 4.04. The first kappa shape index (κ1) is 14.5. The minimum absolute atomic E-state index is 0.0353. The molecule has 0 radical (unpaired) electrons. The van der Waals surface area contributed by atoms with E-state index in [-0.39, 0.29) is 17.9 Å². The maximum atomic E-state index is 10.8. The summed E-state index contributed by atoms with van der Waals surface area (Å²) in [4.78, 5) is 10.8. The van der Waals surface area contributed by atoms with Crippen molar-refractivity contribution in [3.63, 3.8) is 0 Å². The third-order valence-corrected chi connectivity index (χ3v) is 3.41. The van der Waals surface area contributed by atoms with Crippen molar-refractivity contribution in [3.05, 3.63) is 57.6 Å². The highest BCUT2D eigenvalue weighted by Gasteiger charge is 2.10. The summed E-state index contributed by atoms with van der Waals surface area (Å²) in [5.74, 6) is -0.633. The van der Waals surface area contributed by atoms with E-state index in [0.717, 1.165) is 0 Å². The summed E-state index contributed by atoms with van der Waals surface area (Å²) in [6.45, 7) is 0.171. The molecule has 0 atom stereocenters. The molecule has 0 saturated heterocycles. The van der Waals surface area contributed by atoms with Crippen LogP contribution in [0.4, 0.5) is 5.69 Å². The zero-order chi connectivity index (χ0) is 14.7. The van der Waals surface area contributed by atoms with Crippen LogP contribution in [0.2, 0.25) is 10.0 Å². The van der Waals surface area contributed by atoms with E-state index >= 15 is 0 Å². The number of carboxylic acid groups (broad SMARTS) is 1. The van der Waals surface area contributed by atoms with Gasteiger partial charge in [0.25, 0.3) is 0 Å². The van der Waals surface area contributed by atoms with Crippen molar-refractivity contribution in [2.24, 2.45) is 0 Å². The number of carbonyl (C=O) groups is 1. The van der Waals surface area contributed by atoms with E-state index in [1.807, 2.05) is 0 Å². The minimum Gasteiger partial charge on any atom is -0.489 e. The lowest BCUT2D eigenvalue weighted by molar-refractivity contribution is 0.0698. The molecule has 0 aliphatic carbocycles. The molecule has 4 nitrogen and oxygen atoms in total.